The average molecular weight is 564 g/mol. The zero-order valence-electron chi connectivity index (χ0n) is 17.5. The lowest BCUT2D eigenvalue weighted by Crippen LogP contribution is -2.39. The van der Waals surface area contributed by atoms with Gasteiger partial charge in [0.25, 0.3) is 5.91 Å². The van der Waals surface area contributed by atoms with E-state index in [-0.39, 0.29) is 42.9 Å². The summed E-state index contributed by atoms with van der Waals surface area (Å²) in [5, 5.41) is 16.5. The molecule has 176 valence electrons. The smallest absolute Gasteiger partial charge is 0.387 e. The molecule has 2 aromatic carbocycles. The van der Waals surface area contributed by atoms with Crippen molar-refractivity contribution in [2.45, 2.75) is 26.2 Å². The number of aliphatic imine (C=N–C) groups is 1. The molecule has 0 heterocycles. The van der Waals surface area contributed by atoms with Gasteiger partial charge in [0.1, 0.15) is 11.5 Å². The van der Waals surface area contributed by atoms with Crippen molar-refractivity contribution in [3.05, 3.63) is 59.7 Å². The summed E-state index contributed by atoms with van der Waals surface area (Å²) in [5.41, 5.74) is 6.48. The van der Waals surface area contributed by atoms with Crippen LogP contribution in [0.4, 0.5) is 8.78 Å². The molecule has 1 unspecified atom stereocenters. The van der Waals surface area contributed by atoms with Crippen LogP contribution in [0.2, 0.25) is 0 Å². The molecule has 0 aromatic heterocycles. The van der Waals surface area contributed by atoms with E-state index in [0.717, 1.165) is 5.56 Å². The first kappa shape index (κ1) is 27.4. The Labute approximate surface area is 202 Å². The van der Waals surface area contributed by atoms with E-state index in [1.54, 1.807) is 18.2 Å². The Kier molecular flexibility index (Phi) is 12.3. The number of halogens is 3. The molecule has 0 saturated carbocycles. The van der Waals surface area contributed by atoms with Crippen molar-refractivity contribution >= 4 is 35.8 Å². The van der Waals surface area contributed by atoms with E-state index < -0.39 is 18.6 Å². The second-order valence-corrected chi connectivity index (χ2v) is 6.44. The zero-order chi connectivity index (χ0) is 22.6. The Morgan fingerprint density at radius 1 is 1.16 bits per heavy atom. The van der Waals surface area contributed by atoms with E-state index in [0.29, 0.717) is 30.4 Å². The number of nitrogens with two attached hydrogens (primary N) is 1. The van der Waals surface area contributed by atoms with E-state index in [9.17, 15) is 18.7 Å². The van der Waals surface area contributed by atoms with Crippen LogP contribution in [-0.2, 0) is 11.3 Å². The minimum atomic E-state index is -2.90. The number of alkyl halides is 2. The Balaban J connectivity index is 0.00000512. The van der Waals surface area contributed by atoms with Gasteiger partial charge < -0.3 is 30.9 Å². The number of aliphatic hydroxyl groups excluding tert-OH is 1. The highest BCUT2D eigenvalue weighted by molar-refractivity contribution is 14.0. The molecule has 0 aliphatic heterocycles. The molecule has 0 fully saturated rings. The molecule has 0 aliphatic rings. The molecule has 0 radical (unpaired) electrons. The summed E-state index contributed by atoms with van der Waals surface area (Å²) in [7, 11) is 0. The summed E-state index contributed by atoms with van der Waals surface area (Å²) < 4.78 is 34.0. The van der Waals surface area contributed by atoms with Crippen molar-refractivity contribution in [1.82, 2.24) is 10.6 Å². The topological polar surface area (TPSA) is 118 Å². The number of guanidine groups is 1. The summed E-state index contributed by atoms with van der Waals surface area (Å²) in [4.78, 5) is 15.3. The highest BCUT2D eigenvalue weighted by Gasteiger charge is 2.10. The van der Waals surface area contributed by atoms with Crippen molar-refractivity contribution < 1.29 is 28.2 Å². The summed E-state index contributed by atoms with van der Waals surface area (Å²) in [6.07, 6.45) is -0.880. The van der Waals surface area contributed by atoms with Gasteiger partial charge in [0.15, 0.2) is 12.6 Å². The van der Waals surface area contributed by atoms with Crippen molar-refractivity contribution in [2.75, 3.05) is 19.7 Å². The molecule has 1 atom stereocenters. The van der Waals surface area contributed by atoms with Gasteiger partial charge >= 0.3 is 6.61 Å². The van der Waals surface area contributed by atoms with Crippen LogP contribution in [0.25, 0.3) is 0 Å². The van der Waals surface area contributed by atoms with Gasteiger partial charge in [0, 0.05) is 13.1 Å². The Morgan fingerprint density at radius 3 is 2.50 bits per heavy atom. The van der Waals surface area contributed by atoms with Crippen molar-refractivity contribution in [3.8, 4) is 11.5 Å². The number of carbonyl (C=O) groups is 1. The molecule has 1 amide bonds. The van der Waals surface area contributed by atoms with Crippen LogP contribution >= 0.6 is 24.0 Å². The number of rotatable bonds is 11. The predicted octanol–water partition coefficient (Wildman–Crippen LogP) is 2.56. The van der Waals surface area contributed by atoms with E-state index in [2.05, 4.69) is 20.4 Å². The van der Waals surface area contributed by atoms with Gasteiger partial charge in [0.05, 0.1) is 12.6 Å². The summed E-state index contributed by atoms with van der Waals surface area (Å²) in [6, 6.07) is 12.9. The molecule has 5 N–H and O–H groups in total. The van der Waals surface area contributed by atoms with E-state index in [1.165, 1.54) is 24.3 Å². The molecule has 0 aliphatic carbocycles. The highest BCUT2D eigenvalue weighted by atomic mass is 127. The lowest BCUT2D eigenvalue weighted by Gasteiger charge is -2.16. The monoisotopic (exact) mass is 564 g/mol. The van der Waals surface area contributed by atoms with Gasteiger partial charge in [-0.05, 0) is 42.3 Å². The Bertz CT molecular complexity index is 869. The van der Waals surface area contributed by atoms with Crippen LogP contribution < -0.4 is 25.8 Å². The average Bonchev–Trinajstić information content (AvgIpc) is 2.74. The number of primary amides is 1. The number of hydrogen-bond donors (Lipinski definition) is 4. The quantitative estimate of drug-likeness (QED) is 0.189. The normalized spacial score (nSPS) is 12.0. The standard InChI is InChI=1S/C21H26F2N4O4.HI/c1-2-25-21(26-11-14-4-3-5-17(10-14)30-13-19(24)29)27-12-18(28)15-6-8-16(9-7-15)31-20(22)23;/h3-10,18,20,28H,2,11-13H2,1H3,(H2,24,29)(H2,25,26,27);1H. The number of ether oxygens (including phenoxy) is 2. The minimum Gasteiger partial charge on any atom is -0.484 e. The fourth-order valence-corrected chi connectivity index (χ4v) is 2.58. The Morgan fingerprint density at radius 2 is 1.88 bits per heavy atom. The first-order chi connectivity index (χ1) is 14.9. The SMILES string of the molecule is CCNC(=NCc1cccc(OCC(N)=O)c1)NCC(O)c1ccc(OC(F)F)cc1.I. The van der Waals surface area contributed by atoms with E-state index in [1.807, 2.05) is 13.0 Å². The first-order valence-corrected chi connectivity index (χ1v) is 9.62. The lowest BCUT2D eigenvalue weighted by atomic mass is 10.1. The van der Waals surface area contributed by atoms with Crippen LogP contribution in [0, 0.1) is 0 Å². The first-order valence-electron chi connectivity index (χ1n) is 9.62. The second-order valence-electron chi connectivity index (χ2n) is 6.44. The van der Waals surface area contributed by atoms with Gasteiger partial charge in [-0.1, -0.05) is 24.3 Å². The predicted molar refractivity (Wildman–Crippen MR) is 127 cm³/mol. The van der Waals surface area contributed by atoms with E-state index in [4.69, 9.17) is 10.5 Å². The molecular weight excluding hydrogens is 537 g/mol. The van der Waals surface area contributed by atoms with Crippen LogP contribution in [0.15, 0.2) is 53.5 Å². The molecule has 8 nitrogen and oxygen atoms in total. The van der Waals surface area contributed by atoms with Gasteiger partial charge in [-0.15, -0.1) is 24.0 Å². The molecule has 0 saturated heterocycles. The third-order valence-corrected chi connectivity index (χ3v) is 4.00. The molecule has 0 spiro atoms. The number of hydrogen-bond acceptors (Lipinski definition) is 5. The number of benzene rings is 2. The number of carbonyl (C=O) groups excluding carboxylic acids is 1. The maximum Gasteiger partial charge on any atom is 0.387 e. The van der Waals surface area contributed by atoms with Crippen molar-refractivity contribution in [3.63, 3.8) is 0 Å². The zero-order valence-corrected chi connectivity index (χ0v) is 19.8. The number of aliphatic hydroxyl groups is 1. The summed E-state index contributed by atoms with van der Waals surface area (Å²) >= 11 is 0. The number of amides is 1. The largest absolute Gasteiger partial charge is 0.484 e. The third kappa shape index (κ3) is 10.1. The minimum absolute atomic E-state index is 0. The molecule has 0 bridgehead atoms. The molecule has 11 heteroatoms. The lowest BCUT2D eigenvalue weighted by molar-refractivity contribution is -0.119. The molecular formula is C21H27F2IN4O4. The van der Waals surface area contributed by atoms with Crippen molar-refractivity contribution in [2.24, 2.45) is 10.7 Å². The fraction of sp³-hybridized carbons (Fsp3) is 0.333. The molecule has 32 heavy (non-hydrogen) atoms. The third-order valence-electron chi connectivity index (χ3n) is 4.00. The number of nitrogens with one attached hydrogen (secondary N) is 2. The van der Waals surface area contributed by atoms with Gasteiger partial charge in [-0.3, -0.25) is 4.79 Å². The highest BCUT2D eigenvalue weighted by Crippen LogP contribution is 2.19. The van der Waals surface area contributed by atoms with E-state index >= 15 is 0 Å². The Hall–Kier alpha value is -2.67. The summed E-state index contributed by atoms with van der Waals surface area (Å²) in [6.45, 7) is -0.0884. The van der Waals surface area contributed by atoms with Gasteiger partial charge in [0.2, 0.25) is 0 Å². The van der Waals surface area contributed by atoms with Crippen LogP contribution in [0.3, 0.4) is 0 Å². The molecule has 2 aromatic rings. The van der Waals surface area contributed by atoms with Crippen molar-refractivity contribution in [1.29, 1.82) is 0 Å². The maximum atomic E-state index is 12.2. The second kappa shape index (κ2) is 14.4. The van der Waals surface area contributed by atoms with Gasteiger partial charge in [-0.25, -0.2) is 4.99 Å². The van der Waals surface area contributed by atoms with Crippen LogP contribution in [0.5, 0.6) is 11.5 Å². The molecule has 2 rings (SSSR count). The van der Waals surface area contributed by atoms with Crippen LogP contribution in [-0.4, -0.2) is 43.3 Å². The number of nitrogens with zero attached hydrogens (tertiary/aromatic N) is 1. The fourth-order valence-electron chi connectivity index (χ4n) is 2.58. The van der Waals surface area contributed by atoms with Crippen LogP contribution in [0.1, 0.15) is 24.2 Å². The van der Waals surface area contributed by atoms with Gasteiger partial charge in [-0.2, -0.15) is 8.78 Å². The summed E-state index contributed by atoms with van der Waals surface area (Å²) in [5.74, 6) is 0.467. The maximum absolute atomic E-state index is 12.2.